The lowest BCUT2D eigenvalue weighted by atomic mass is 9.99. The number of sulfonamides is 1. The average Bonchev–Trinajstić information content (AvgIpc) is 3.09. The van der Waals surface area contributed by atoms with Crippen LogP contribution in [0, 0.1) is 5.82 Å². The summed E-state index contributed by atoms with van der Waals surface area (Å²) in [6.07, 6.45) is 2.95. The Morgan fingerprint density at radius 2 is 1.97 bits per heavy atom. The molecule has 0 radical (unpaired) electrons. The van der Waals surface area contributed by atoms with Crippen molar-refractivity contribution in [2.45, 2.75) is 19.9 Å². The Morgan fingerprint density at radius 3 is 2.59 bits per heavy atom. The third kappa shape index (κ3) is 4.33. The highest BCUT2D eigenvalue weighted by molar-refractivity contribution is 7.92. The van der Waals surface area contributed by atoms with Crippen molar-refractivity contribution in [3.05, 3.63) is 66.0 Å². The summed E-state index contributed by atoms with van der Waals surface area (Å²) in [6, 6.07) is 8.94. The first-order valence-electron chi connectivity index (χ1n) is 11.0. The lowest BCUT2D eigenvalue weighted by Crippen LogP contribution is -2.35. The second kappa shape index (κ2) is 9.23. The van der Waals surface area contributed by atoms with E-state index >= 15 is 0 Å². The maximum Gasteiger partial charge on any atom is 0.342 e. The molecule has 7 nitrogen and oxygen atoms in total. The molecule has 34 heavy (non-hydrogen) atoms. The topological polar surface area (TPSA) is 80.1 Å². The molecule has 0 fully saturated rings. The SMILES string of the molecule is C=CCN1CCN(S(C)(=O)=O)c2cc3oc(-c4ccc(F)cc4)c(C(=O)OCC)c3cc2C1C. The van der Waals surface area contributed by atoms with Crippen LogP contribution in [0.1, 0.15) is 35.8 Å². The van der Waals surface area contributed by atoms with Crippen LogP contribution in [0.25, 0.3) is 22.3 Å². The minimum absolute atomic E-state index is 0.150. The smallest absolute Gasteiger partial charge is 0.342 e. The molecule has 1 aromatic heterocycles. The van der Waals surface area contributed by atoms with Crippen LogP contribution in [0.5, 0.6) is 0 Å². The summed E-state index contributed by atoms with van der Waals surface area (Å²) >= 11 is 0. The second-order valence-corrected chi connectivity index (χ2v) is 10.1. The molecule has 1 atom stereocenters. The number of furan rings is 1. The number of anilines is 1. The lowest BCUT2D eigenvalue weighted by Gasteiger charge is -2.26. The third-order valence-corrected chi connectivity index (χ3v) is 7.22. The van der Waals surface area contributed by atoms with Gasteiger partial charge in [0.1, 0.15) is 22.7 Å². The monoisotopic (exact) mass is 486 g/mol. The first kappa shape index (κ1) is 24.0. The summed E-state index contributed by atoms with van der Waals surface area (Å²) in [4.78, 5) is 15.1. The van der Waals surface area contributed by atoms with Gasteiger partial charge in [-0.1, -0.05) is 6.08 Å². The van der Waals surface area contributed by atoms with Gasteiger partial charge < -0.3 is 9.15 Å². The van der Waals surface area contributed by atoms with Crippen LogP contribution in [0.2, 0.25) is 0 Å². The van der Waals surface area contributed by atoms with E-state index in [1.165, 1.54) is 34.8 Å². The Morgan fingerprint density at radius 1 is 1.26 bits per heavy atom. The van der Waals surface area contributed by atoms with Gasteiger partial charge in [-0.2, -0.15) is 0 Å². The van der Waals surface area contributed by atoms with Gasteiger partial charge in [-0.3, -0.25) is 9.21 Å². The van der Waals surface area contributed by atoms with Crippen LogP contribution in [-0.4, -0.2) is 51.8 Å². The van der Waals surface area contributed by atoms with Gasteiger partial charge in [-0.15, -0.1) is 6.58 Å². The predicted molar refractivity (Wildman–Crippen MR) is 130 cm³/mol. The van der Waals surface area contributed by atoms with Crippen LogP contribution >= 0.6 is 0 Å². The number of ether oxygens (including phenoxy) is 1. The van der Waals surface area contributed by atoms with E-state index in [0.29, 0.717) is 35.3 Å². The van der Waals surface area contributed by atoms with Gasteiger partial charge in [-0.05, 0) is 49.7 Å². The van der Waals surface area contributed by atoms with Crippen molar-refractivity contribution in [2.24, 2.45) is 0 Å². The zero-order valence-corrected chi connectivity index (χ0v) is 20.2. The fourth-order valence-electron chi connectivity index (χ4n) is 4.40. The normalized spacial score (nSPS) is 16.8. The fraction of sp³-hybridized carbons (Fsp3) is 0.320. The number of hydrogen-bond acceptors (Lipinski definition) is 6. The molecule has 0 N–H and O–H groups in total. The van der Waals surface area contributed by atoms with Crippen LogP contribution in [-0.2, 0) is 14.8 Å². The second-order valence-electron chi connectivity index (χ2n) is 8.24. The molecule has 0 saturated heterocycles. The molecular formula is C25H27FN2O5S. The molecule has 1 aliphatic heterocycles. The molecule has 0 amide bonds. The zero-order valence-electron chi connectivity index (χ0n) is 19.4. The number of rotatable bonds is 6. The molecular weight excluding hydrogens is 459 g/mol. The number of carbonyl (C=O) groups excluding carboxylic acids is 1. The van der Waals surface area contributed by atoms with E-state index in [2.05, 4.69) is 11.5 Å². The van der Waals surface area contributed by atoms with Crippen LogP contribution in [0.15, 0.2) is 53.5 Å². The van der Waals surface area contributed by atoms with E-state index in [9.17, 15) is 17.6 Å². The van der Waals surface area contributed by atoms with Crippen LogP contribution in [0.4, 0.5) is 10.1 Å². The quantitative estimate of drug-likeness (QED) is 0.370. The molecule has 0 bridgehead atoms. The molecule has 9 heteroatoms. The van der Waals surface area contributed by atoms with E-state index in [0.717, 1.165) is 5.56 Å². The Balaban J connectivity index is 2.02. The number of hydrogen-bond donors (Lipinski definition) is 0. The number of halogens is 1. The fourth-order valence-corrected chi connectivity index (χ4v) is 5.33. The summed E-state index contributed by atoms with van der Waals surface area (Å²) in [7, 11) is -3.57. The zero-order chi connectivity index (χ0) is 24.6. The van der Waals surface area contributed by atoms with E-state index in [4.69, 9.17) is 9.15 Å². The molecule has 2 aromatic carbocycles. The maximum atomic E-state index is 13.5. The molecule has 2 heterocycles. The molecule has 4 rings (SSSR count). The predicted octanol–water partition coefficient (Wildman–Crippen LogP) is 4.74. The van der Waals surface area contributed by atoms with Crippen LogP contribution < -0.4 is 4.31 Å². The van der Waals surface area contributed by atoms with Gasteiger partial charge in [0.05, 0.1) is 18.6 Å². The Labute approximate surface area is 198 Å². The van der Waals surface area contributed by atoms with Crippen LogP contribution in [0.3, 0.4) is 0 Å². The molecule has 180 valence electrons. The molecule has 3 aromatic rings. The van der Waals surface area contributed by atoms with Crippen molar-refractivity contribution in [3.63, 3.8) is 0 Å². The highest BCUT2D eigenvalue weighted by atomic mass is 32.2. The average molecular weight is 487 g/mol. The van der Waals surface area contributed by atoms with Gasteiger partial charge in [0.15, 0.2) is 0 Å². The number of fused-ring (bicyclic) bond motifs is 2. The van der Waals surface area contributed by atoms with Crippen molar-refractivity contribution in [3.8, 4) is 11.3 Å². The Bertz CT molecular complexity index is 1350. The standard InChI is InChI=1S/C25H27FN2O5S/c1-5-11-27-12-13-28(34(4,30)31)21-15-22-20(14-19(21)16(27)3)23(25(29)32-6-2)24(33-22)17-7-9-18(26)10-8-17/h5,7-10,14-16H,1,6,11-13H2,2-4H3. The number of benzene rings is 2. The molecule has 0 aliphatic carbocycles. The van der Waals surface area contributed by atoms with Crippen molar-refractivity contribution >= 4 is 32.6 Å². The van der Waals surface area contributed by atoms with E-state index in [1.54, 1.807) is 25.1 Å². The molecule has 0 spiro atoms. The highest BCUT2D eigenvalue weighted by Crippen LogP contribution is 2.42. The van der Waals surface area contributed by atoms with E-state index < -0.39 is 21.8 Å². The maximum absolute atomic E-state index is 13.5. The van der Waals surface area contributed by atoms with Gasteiger partial charge in [0.25, 0.3) is 0 Å². The van der Waals surface area contributed by atoms with Crippen molar-refractivity contribution < 1.29 is 26.8 Å². The molecule has 1 aliphatic rings. The number of esters is 1. The summed E-state index contributed by atoms with van der Waals surface area (Å²) in [5.74, 6) is -0.732. The number of carbonyl (C=O) groups is 1. The van der Waals surface area contributed by atoms with Gasteiger partial charge in [0.2, 0.25) is 10.0 Å². The van der Waals surface area contributed by atoms with Gasteiger partial charge >= 0.3 is 5.97 Å². The largest absolute Gasteiger partial charge is 0.462 e. The summed E-state index contributed by atoms with van der Waals surface area (Å²) < 4.78 is 51.7. The Hall–Kier alpha value is -3.17. The molecule has 1 unspecified atom stereocenters. The summed E-state index contributed by atoms with van der Waals surface area (Å²) in [5, 5.41) is 0.511. The summed E-state index contributed by atoms with van der Waals surface area (Å²) in [6.45, 7) is 9.05. The highest BCUT2D eigenvalue weighted by Gasteiger charge is 2.32. The Kier molecular flexibility index (Phi) is 6.51. The first-order chi connectivity index (χ1) is 16.2. The van der Waals surface area contributed by atoms with Gasteiger partial charge in [-0.25, -0.2) is 17.6 Å². The van der Waals surface area contributed by atoms with Gasteiger partial charge in [0, 0.05) is 42.7 Å². The van der Waals surface area contributed by atoms with E-state index in [-0.39, 0.29) is 30.5 Å². The first-order valence-corrected chi connectivity index (χ1v) is 12.9. The third-order valence-electron chi connectivity index (χ3n) is 6.04. The van der Waals surface area contributed by atoms with Crippen molar-refractivity contribution in [2.75, 3.05) is 36.8 Å². The summed E-state index contributed by atoms with van der Waals surface area (Å²) in [5.41, 5.74) is 2.33. The van der Waals surface area contributed by atoms with Crippen molar-refractivity contribution in [1.29, 1.82) is 0 Å². The lowest BCUT2D eigenvalue weighted by molar-refractivity contribution is 0.0528. The minimum atomic E-state index is -3.57. The number of nitrogens with zero attached hydrogens (tertiary/aromatic N) is 2. The van der Waals surface area contributed by atoms with Crippen molar-refractivity contribution in [1.82, 2.24) is 4.90 Å². The minimum Gasteiger partial charge on any atom is -0.462 e. The van der Waals surface area contributed by atoms with E-state index in [1.807, 2.05) is 6.92 Å². The molecule has 0 saturated carbocycles.